The second-order valence-corrected chi connectivity index (χ2v) is 4.41. The second-order valence-electron chi connectivity index (χ2n) is 4.41. The first-order valence-corrected chi connectivity index (χ1v) is 5.91. The molecule has 0 radical (unpaired) electrons. The highest BCUT2D eigenvalue weighted by Crippen LogP contribution is 2.23. The monoisotopic (exact) mass is 205 g/mol. The number of hydrogen-bond acceptors (Lipinski definition) is 1. The summed E-state index contributed by atoms with van der Waals surface area (Å²) >= 11 is 0. The molecular weight excluding hydrogens is 182 g/mol. The lowest BCUT2D eigenvalue weighted by atomic mass is 9.86. The van der Waals surface area contributed by atoms with E-state index in [4.69, 9.17) is 0 Å². The van der Waals surface area contributed by atoms with Crippen LogP contribution in [0.1, 0.15) is 26.2 Å². The minimum atomic E-state index is 0.451. The van der Waals surface area contributed by atoms with Gasteiger partial charge in [0, 0.05) is 6.04 Å². The van der Waals surface area contributed by atoms with Crippen LogP contribution in [-0.4, -0.2) is 13.1 Å². The summed E-state index contributed by atoms with van der Waals surface area (Å²) in [5, 5.41) is 3.34. The fraction of sp³-hybridized carbons (Fsp3) is 0.571. The Morgan fingerprint density at radius 1 is 1.47 bits per heavy atom. The van der Waals surface area contributed by atoms with Gasteiger partial charge < -0.3 is 5.32 Å². The Balaban J connectivity index is 2.65. The molecular formula is C14H23N. The van der Waals surface area contributed by atoms with Gasteiger partial charge in [-0.2, -0.15) is 0 Å². The fourth-order valence-corrected chi connectivity index (χ4v) is 2.29. The number of allylic oxidation sites excluding steroid dienone is 4. The van der Waals surface area contributed by atoms with Crippen LogP contribution in [0, 0.1) is 11.8 Å². The molecule has 0 aromatic carbocycles. The lowest BCUT2D eigenvalue weighted by Gasteiger charge is -2.25. The summed E-state index contributed by atoms with van der Waals surface area (Å²) in [5.41, 5.74) is 0. The standard InChI is InChI=1S/C14H23N/c1-4-14(15-3)13-10-8-6-5-7-9-12(2)11-13/h4-7,9,12-15H,1,8,10-11H2,2-3H3/b6-5-,9-7-. The van der Waals surface area contributed by atoms with Gasteiger partial charge in [0.1, 0.15) is 0 Å². The topological polar surface area (TPSA) is 12.0 Å². The Bertz CT molecular complexity index is 240. The Morgan fingerprint density at radius 2 is 2.27 bits per heavy atom. The highest BCUT2D eigenvalue weighted by molar-refractivity contribution is 5.06. The van der Waals surface area contributed by atoms with Crippen LogP contribution in [0.3, 0.4) is 0 Å². The van der Waals surface area contributed by atoms with Gasteiger partial charge in [-0.05, 0) is 38.1 Å². The third kappa shape index (κ3) is 4.05. The Kier molecular flexibility index (Phi) is 5.41. The molecule has 0 spiro atoms. The zero-order chi connectivity index (χ0) is 11.1. The highest BCUT2D eigenvalue weighted by atomic mass is 14.9. The van der Waals surface area contributed by atoms with Crippen LogP contribution < -0.4 is 5.32 Å². The molecule has 84 valence electrons. The van der Waals surface area contributed by atoms with Gasteiger partial charge in [-0.1, -0.05) is 37.3 Å². The Hall–Kier alpha value is -0.820. The maximum atomic E-state index is 3.91. The molecule has 0 fully saturated rings. The predicted molar refractivity (Wildman–Crippen MR) is 67.8 cm³/mol. The van der Waals surface area contributed by atoms with E-state index in [9.17, 15) is 0 Å². The van der Waals surface area contributed by atoms with Crippen LogP contribution in [0.15, 0.2) is 37.0 Å². The smallest absolute Gasteiger partial charge is 0.0273 e. The molecule has 1 N–H and O–H groups in total. The summed E-state index contributed by atoms with van der Waals surface area (Å²) in [6, 6.07) is 0.451. The molecule has 1 heteroatoms. The molecule has 1 aliphatic rings. The van der Waals surface area contributed by atoms with Crippen molar-refractivity contribution in [3.63, 3.8) is 0 Å². The van der Waals surface area contributed by atoms with Crippen LogP contribution in [0.2, 0.25) is 0 Å². The molecule has 3 atom stereocenters. The number of nitrogens with one attached hydrogen (secondary N) is 1. The fourth-order valence-electron chi connectivity index (χ4n) is 2.29. The molecule has 3 unspecified atom stereocenters. The summed E-state index contributed by atoms with van der Waals surface area (Å²) < 4.78 is 0. The Morgan fingerprint density at radius 3 is 2.93 bits per heavy atom. The quantitative estimate of drug-likeness (QED) is 0.697. The van der Waals surface area contributed by atoms with E-state index in [0.29, 0.717) is 17.9 Å². The zero-order valence-electron chi connectivity index (χ0n) is 9.95. The molecule has 0 aromatic heterocycles. The molecule has 0 saturated carbocycles. The third-order valence-corrected chi connectivity index (χ3v) is 3.16. The van der Waals surface area contributed by atoms with Crippen molar-refractivity contribution in [3.8, 4) is 0 Å². The van der Waals surface area contributed by atoms with E-state index in [2.05, 4.69) is 43.1 Å². The normalized spacial score (nSPS) is 33.2. The maximum absolute atomic E-state index is 3.91. The van der Waals surface area contributed by atoms with Crippen LogP contribution in [0.5, 0.6) is 0 Å². The minimum Gasteiger partial charge on any atom is -0.313 e. The molecule has 0 amide bonds. The van der Waals surface area contributed by atoms with Crippen LogP contribution >= 0.6 is 0 Å². The predicted octanol–water partition coefficient (Wildman–Crippen LogP) is 3.31. The van der Waals surface area contributed by atoms with Crippen molar-refractivity contribution in [3.05, 3.63) is 37.0 Å². The third-order valence-electron chi connectivity index (χ3n) is 3.16. The molecule has 0 aromatic rings. The first kappa shape index (κ1) is 12.3. The lowest BCUT2D eigenvalue weighted by Crippen LogP contribution is -2.32. The van der Waals surface area contributed by atoms with E-state index in [-0.39, 0.29) is 0 Å². The van der Waals surface area contributed by atoms with Gasteiger partial charge in [-0.25, -0.2) is 0 Å². The molecule has 0 saturated heterocycles. The van der Waals surface area contributed by atoms with Gasteiger partial charge in [-0.15, -0.1) is 6.58 Å². The van der Waals surface area contributed by atoms with Crippen molar-refractivity contribution in [2.75, 3.05) is 7.05 Å². The Labute approximate surface area is 94.0 Å². The summed E-state index contributed by atoms with van der Waals surface area (Å²) in [7, 11) is 2.02. The lowest BCUT2D eigenvalue weighted by molar-refractivity contribution is 0.347. The van der Waals surface area contributed by atoms with E-state index in [1.54, 1.807) is 0 Å². The second kappa shape index (κ2) is 6.62. The van der Waals surface area contributed by atoms with Crippen molar-refractivity contribution in [2.24, 2.45) is 11.8 Å². The summed E-state index contributed by atoms with van der Waals surface area (Å²) in [6.45, 7) is 6.20. The summed E-state index contributed by atoms with van der Waals surface area (Å²) in [4.78, 5) is 0. The maximum Gasteiger partial charge on any atom is 0.0273 e. The first-order chi connectivity index (χ1) is 7.27. The van der Waals surface area contributed by atoms with E-state index < -0.39 is 0 Å². The van der Waals surface area contributed by atoms with Crippen LogP contribution in [-0.2, 0) is 0 Å². The average Bonchev–Trinajstić information content (AvgIpc) is 2.33. The molecule has 0 bridgehead atoms. The van der Waals surface area contributed by atoms with Gasteiger partial charge in [0.05, 0.1) is 0 Å². The largest absolute Gasteiger partial charge is 0.313 e. The van der Waals surface area contributed by atoms with Gasteiger partial charge in [0.25, 0.3) is 0 Å². The van der Waals surface area contributed by atoms with Gasteiger partial charge >= 0.3 is 0 Å². The average molecular weight is 205 g/mol. The van der Waals surface area contributed by atoms with Crippen molar-refractivity contribution in [1.82, 2.24) is 5.32 Å². The number of rotatable bonds is 3. The van der Waals surface area contributed by atoms with Crippen molar-refractivity contribution in [2.45, 2.75) is 32.2 Å². The van der Waals surface area contributed by atoms with E-state index in [1.807, 2.05) is 13.1 Å². The molecule has 1 aliphatic carbocycles. The van der Waals surface area contributed by atoms with Crippen LogP contribution in [0.4, 0.5) is 0 Å². The molecule has 1 nitrogen and oxygen atoms in total. The van der Waals surface area contributed by atoms with Crippen molar-refractivity contribution < 1.29 is 0 Å². The molecule has 1 rings (SSSR count). The van der Waals surface area contributed by atoms with Crippen molar-refractivity contribution in [1.29, 1.82) is 0 Å². The molecule has 0 aliphatic heterocycles. The highest BCUT2D eigenvalue weighted by Gasteiger charge is 2.18. The van der Waals surface area contributed by atoms with Gasteiger partial charge in [0.2, 0.25) is 0 Å². The SMILES string of the molecule is C=CC(NC)C1CC/C=C\C=C/C(C)C1. The van der Waals surface area contributed by atoms with Crippen molar-refractivity contribution >= 4 is 0 Å². The number of hydrogen-bond donors (Lipinski definition) is 1. The molecule has 15 heavy (non-hydrogen) atoms. The van der Waals surface area contributed by atoms with Gasteiger partial charge in [-0.3, -0.25) is 0 Å². The summed E-state index contributed by atoms with van der Waals surface area (Å²) in [6.07, 6.45) is 14.6. The zero-order valence-corrected chi connectivity index (χ0v) is 9.95. The van der Waals surface area contributed by atoms with E-state index in [0.717, 1.165) is 0 Å². The van der Waals surface area contributed by atoms with Gasteiger partial charge in [0.15, 0.2) is 0 Å². The van der Waals surface area contributed by atoms with E-state index >= 15 is 0 Å². The molecule has 0 heterocycles. The van der Waals surface area contributed by atoms with E-state index in [1.165, 1.54) is 19.3 Å². The first-order valence-electron chi connectivity index (χ1n) is 5.91. The number of likely N-dealkylation sites (N-methyl/N-ethyl adjacent to an activating group) is 1. The minimum absolute atomic E-state index is 0.451. The summed E-state index contributed by atoms with van der Waals surface area (Å²) in [5.74, 6) is 1.36. The van der Waals surface area contributed by atoms with Crippen LogP contribution in [0.25, 0.3) is 0 Å².